The van der Waals surface area contributed by atoms with E-state index in [0.29, 0.717) is 12.5 Å². The van der Waals surface area contributed by atoms with Crippen molar-refractivity contribution in [2.75, 3.05) is 13.1 Å². The van der Waals surface area contributed by atoms with Gasteiger partial charge in [-0.1, -0.05) is 68.4 Å². The van der Waals surface area contributed by atoms with Crippen LogP contribution < -0.4 is 0 Å². The van der Waals surface area contributed by atoms with E-state index in [1.807, 2.05) is 24.3 Å². The summed E-state index contributed by atoms with van der Waals surface area (Å²) in [6.45, 7) is 7.98. The summed E-state index contributed by atoms with van der Waals surface area (Å²) < 4.78 is 39.1. The number of hydrogen-bond donors (Lipinski definition) is 0. The van der Waals surface area contributed by atoms with Crippen LogP contribution in [0.1, 0.15) is 69.1 Å². The number of alkyl halides is 3. The predicted molar refractivity (Wildman–Crippen MR) is 129 cm³/mol. The van der Waals surface area contributed by atoms with Crippen LogP contribution in [0, 0.1) is 17.2 Å². The third-order valence-corrected chi connectivity index (χ3v) is 6.79. The van der Waals surface area contributed by atoms with Gasteiger partial charge in [-0.25, -0.2) is 0 Å². The lowest BCUT2D eigenvalue weighted by Crippen LogP contribution is -2.37. The van der Waals surface area contributed by atoms with Crippen LogP contribution in [0.3, 0.4) is 0 Å². The van der Waals surface area contributed by atoms with Gasteiger partial charge in [-0.05, 0) is 67.7 Å². The number of nitrogens with zero attached hydrogens (tertiary/aromatic N) is 2. The van der Waals surface area contributed by atoms with Crippen molar-refractivity contribution in [3.05, 3.63) is 71.3 Å². The number of likely N-dealkylation sites (N-methyl/N-ethyl adjacent to an activating group) is 1. The van der Waals surface area contributed by atoms with E-state index in [-0.39, 0.29) is 12.3 Å². The smallest absolute Gasteiger partial charge is 0.300 e. The number of halogens is 3. The zero-order chi connectivity index (χ0) is 24.3. The second-order valence-electron chi connectivity index (χ2n) is 8.76. The summed E-state index contributed by atoms with van der Waals surface area (Å²) in [6, 6.07) is 20.8. The number of nitriles is 1. The third-order valence-electron chi connectivity index (χ3n) is 6.79. The largest absolute Gasteiger partial charge is 0.392 e. The Hall–Kier alpha value is -2.32. The highest BCUT2D eigenvalue weighted by Gasteiger charge is 2.50. The van der Waals surface area contributed by atoms with Crippen LogP contribution in [0.4, 0.5) is 13.2 Å². The molecule has 2 aromatic carbocycles. The molecule has 3 atom stereocenters. The molecule has 33 heavy (non-hydrogen) atoms. The van der Waals surface area contributed by atoms with E-state index in [1.54, 1.807) is 6.07 Å². The maximum atomic E-state index is 13.0. The summed E-state index contributed by atoms with van der Waals surface area (Å²) in [4.78, 5) is 2.56. The van der Waals surface area contributed by atoms with Gasteiger partial charge in [0.1, 0.15) is 0 Å². The van der Waals surface area contributed by atoms with Crippen LogP contribution in [0.2, 0.25) is 0 Å². The highest BCUT2D eigenvalue weighted by Crippen LogP contribution is 2.50. The summed E-state index contributed by atoms with van der Waals surface area (Å²) >= 11 is 0. The predicted octanol–water partition coefficient (Wildman–Crippen LogP) is 7.55. The molecule has 0 aliphatic heterocycles. The summed E-state index contributed by atoms with van der Waals surface area (Å²) in [5.41, 5.74) is 3.44. The van der Waals surface area contributed by atoms with Gasteiger partial charge in [-0.15, -0.1) is 0 Å². The Balaban J connectivity index is 0.00000122. The molecule has 3 unspecified atom stereocenters. The Morgan fingerprint density at radius 2 is 1.58 bits per heavy atom. The molecule has 0 radical (unpaired) electrons. The van der Waals surface area contributed by atoms with Crippen molar-refractivity contribution in [3.63, 3.8) is 0 Å². The second-order valence-corrected chi connectivity index (χ2v) is 8.76. The fraction of sp³-hybridized carbons (Fsp3) is 0.536. The van der Waals surface area contributed by atoms with Gasteiger partial charge in [0.15, 0.2) is 0 Å². The van der Waals surface area contributed by atoms with Crippen LogP contribution in [0.25, 0.3) is 0 Å². The molecule has 2 nitrogen and oxygen atoms in total. The van der Waals surface area contributed by atoms with Gasteiger partial charge in [0.25, 0.3) is 0 Å². The fourth-order valence-electron chi connectivity index (χ4n) is 4.72. The minimum absolute atomic E-state index is 0.268. The minimum atomic E-state index is -4.07. The lowest BCUT2D eigenvalue weighted by molar-refractivity contribution is -0.200. The van der Waals surface area contributed by atoms with Crippen molar-refractivity contribution in [2.45, 2.75) is 77.4 Å². The molecule has 180 valence electrons. The number of aryl methyl sites for hydroxylation is 1. The molecule has 0 bridgehead atoms. The number of benzene rings is 2. The highest BCUT2D eigenvalue weighted by molar-refractivity contribution is 5.28. The van der Waals surface area contributed by atoms with Crippen LogP contribution in [-0.2, 0) is 12.8 Å². The quantitative estimate of drug-likeness (QED) is 0.367. The van der Waals surface area contributed by atoms with Gasteiger partial charge in [-0.2, -0.15) is 18.4 Å². The first-order valence-electron chi connectivity index (χ1n) is 12.1. The standard InChI is InChI=1S/C26H34F3N.C2H3N/c1-3-23(30(4-2)19-18-20-8-6-5-7-9-20)15-12-21-10-13-22(14-11-21)24-16-17-25(24)26(27,28)29;1-2-3/h5-11,13-14,23-25H,3-4,12,15-19H2,1-2H3;1H3. The average Bonchev–Trinajstić information content (AvgIpc) is 2.76. The molecule has 0 amide bonds. The minimum Gasteiger partial charge on any atom is -0.300 e. The topological polar surface area (TPSA) is 27.0 Å². The first-order chi connectivity index (χ1) is 15.8. The van der Waals surface area contributed by atoms with Crippen LogP contribution >= 0.6 is 0 Å². The number of hydrogen-bond acceptors (Lipinski definition) is 2. The van der Waals surface area contributed by atoms with E-state index in [9.17, 15) is 13.2 Å². The van der Waals surface area contributed by atoms with Crippen LogP contribution in [0.5, 0.6) is 0 Å². The Bertz CT molecular complexity index is 840. The second kappa shape index (κ2) is 13.4. The van der Waals surface area contributed by atoms with E-state index in [1.165, 1.54) is 18.1 Å². The summed E-state index contributed by atoms with van der Waals surface area (Å²) in [7, 11) is 0. The SMILES string of the molecule is CC#N.CCC(CCc1ccc(C2CCC2C(F)(F)F)cc1)N(CC)CCc1ccccc1. The summed E-state index contributed by atoms with van der Waals surface area (Å²) in [6.07, 6.45) is 1.05. The molecule has 2 aromatic rings. The summed E-state index contributed by atoms with van der Waals surface area (Å²) in [5.74, 6) is -1.51. The lowest BCUT2D eigenvalue weighted by atomic mass is 9.69. The third kappa shape index (κ3) is 8.19. The molecule has 1 aliphatic carbocycles. The molecular formula is C28H37F3N2. The Morgan fingerprint density at radius 1 is 0.970 bits per heavy atom. The van der Waals surface area contributed by atoms with Crippen molar-refractivity contribution in [3.8, 4) is 6.07 Å². The molecule has 1 aliphatic rings. The number of rotatable bonds is 10. The molecular weight excluding hydrogens is 421 g/mol. The van der Waals surface area contributed by atoms with E-state index in [2.05, 4.69) is 49.1 Å². The molecule has 5 heteroatoms. The molecule has 0 heterocycles. The summed E-state index contributed by atoms with van der Waals surface area (Å²) in [5, 5.41) is 7.32. The van der Waals surface area contributed by atoms with E-state index >= 15 is 0 Å². The van der Waals surface area contributed by atoms with Crippen molar-refractivity contribution in [2.24, 2.45) is 5.92 Å². The zero-order valence-corrected chi connectivity index (χ0v) is 20.1. The maximum absolute atomic E-state index is 13.0. The molecule has 0 saturated heterocycles. The van der Waals surface area contributed by atoms with Crippen molar-refractivity contribution in [1.82, 2.24) is 4.90 Å². The molecule has 0 aromatic heterocycles. The van der Waals surface area contributed by atoms with Crippen molar-refractivity contribution < 1.29 is 13.2 Å². The van der Waals surface area contributed by atoms with E-state index in [4.69, 9.17) is 5.26 Å². The fourth-order valence-corrected chi connectivity index (χ4v) is 4.72. The van der Waals surface area contributed by atoms with Crippen LogP contribution in [0.15, 0.2) is 54.6 Å². The Morgan fingerprint density at radius 3 is 2.06 bits per heavy atom. The molecule has 1 fully saturated rings. The van der Waals surface area contributed by atoms with Crippen molar-refractivity contribution in [1.29, 1.82) is 5.26 Å². The van der Waals surface area contributed by atoms with Crippen molar-refractivity contribution >= 4 is 0 Å². The molecule has 3 rings (SSSR count). The highest BCUT2D eigenvalue weighted by atomic mass is 19.4. The molecule has 0 N–H and O–H groups in total. The van der Waals surface area contributed by atoms with Gasteiger partial charge < -0.3 is 4.90 Å². The van der Waals surface area contributed by atoms with E-state index in [0.717, 1.165) is 44.3 Å². The van der Waals surface area contributed by atoms with Crippen LogP contribution in [-0.4, -0.2) is 30.2 Å². The first-order valence-corrected chi connectivity index (χ1v) is 12.1. The first kappa shape index (κ1) is 26.9. The van der Waals surface area contributed by atoms with Gasteiger partial charge >= 0.3 is 6.18 Å². The average molecular weight is 459 g/mol. The van der Waals surface area contributed by atoms with Gasteiger partial charge in [0.2, 0.25) is 0 Å². The van der Waals surface area contributed by atoms with Gasteiger partial charge in [0.05, 0.1) is 12.0 Å². The Kier molecular flexibility index (Phi) is 10.9. The maximum Gasteiger partial charge on any atom is 0.392 e. The monoisotopic (exact) mass is 458 g/mol. The molecule has 1 saturated carbocycles. The normalized spacial score (nSPS) is 18.6. The van der Waals surface area contributed by atoms with Gasteiger partial charge in [-0.3, -0.25) is 0 Å². The van der Waals surface area contributed by atoms with Gasteiger partial charge in [0, 0.05) is 19.5 Å². The lowest BCUT2D eigenvalue weighted by Gasteiger charge is -2.38. The zero-order valence-electron chi connectivity index (χ0n) is 20.1. The molecule has 0 spiro atoms. The Labute approximate surface area is 197 Å². The van der Waals surface area contributed by atoms with E-state index < -0.39 is 12.1 Å².